The lowest BCUT2D eigenvalue weighted by Gasteiger charge is -2.09. The van der Waals surface area contributed by atoms with Gasteiger partial charge in [-0.3, -0.25) is 0 Å². The number of carbonyl (C=O) groups is 1. The lowest BCUT2D eigenvalue weighted by atomic mass is 10.1. The van der Waals surface area contributed by atoms with Crippen molar-refractivity contribution in [1.29, 1.82) is 5.41 Å². The van der Waals surface area contributed by atoms with E-state index in [1.807, 2.05) is 24.3 Å². The first-order chi connectivity index (χ1) is 7.24. The van der Waals surface area contributed by atoms with E-state index in [4.69, 9.17) is 10.1 Å². The first kappa shape index (κ1) is 9.71. The predicted octanol–water partition coefficient (Wildman–Crippen LogP) is 1.41. The molecule has 0 aromatic heterocycles. The number of nitrogens with one attached hydrogen (secondary N) is 2. The molecule has 0 unspecified atom stereocenters. The molecule has 4 nitrogen and oxygen atoms in total. The number of para-hydroxylation sites is 1. The summed E-state index contributed by atoms with van der Waals surface area (Å²) in [6.45, 7) is 2.09. The molecule has 1 aliphatic rings. The maximum Gasteiger partial charge on any atom is 0.334 e. The summed E-state index contributed by atoms with van der Waals surface area (Å²) in [4.78, 5) is 11.5. The zero-order chi connectivity index (χ0) is 10.8. The molecule has 78 valence electrons. The van der Waals surface area contributed by atoms with Crippen LogP contribution in [0.15, 0.2) is 24.3 Å². The van der Waals surface area contributed by atoms with E-state index in [0.717, 1.165) is 11.3 Å². The SMILES string of the molecule is CCOC(=O)[C@H]1Nc2ccccc2C1=N. The van der Waals surface area contributed by atoms with Gasteiger partial charge in [0.05, 0.1) is 12.3 Å². The maximum absolute atomic E-state index is 11.5. The molecule has 15 heavy (non-hydrogen) atoms. The summed E-state index contributed by atoms with van der Waals surface area (Å²) in [6.07, 6.45) is 0. The van der Waals surface area contributed by atoms with Crippen molar-refractivity contribution in [3.8, 4) is 0 Å². The minimum Gasteiger partial charge on any atom is -0.464 e. The Kier molecular flexibility index (Phi) is 2.41. The van der Waals surface area contributed by atoms with Crippen LogP contribution >= 0.6 is 0 Å². The zero-order valence-corrected chi connectivity index (χ0v) is 8.41. The molecule has 1 atom stereocenters. The number of benzene rings is 1. The first-order valence-corrected chi connectivity index (χ1v) is 4.85. The standard InChI is InChI=1S/C11H12N2O2/c1-2-15-11(14)10-9(12)7-5-3-4-6-8(7)13-10/h3-6,10,12-13H,2H2,1H3/t10-/m0/s1. The third-order valence-electron chi connectivity index (χ3n) is 2.33. The summed E-state index contributed by atoms with van der Waals surface area (Å²) in [7, 11) is 0. The van der Waals surface area contributed by atoms with Crippen LogP contribution in [0.25, 0.3) is 0 Å². The fourth-order valence-electron chi connectivity index (χ4n) is 1.63. The molecule has 1 aromatic carbocycles. The lowest BCUT2D eigenvalue weighted by molar-refractivity contribution is -0.142. The van der Waals surface area contributed by atoms with Crippen LogP contribution in [0.3, 0.4) is 0 Å². The Hall–Kier alpha value is -1.84. The zero-order valence-electron chi connectivity index (χ0n) is 8.41. The number of fused-ring (bicyclic) bond motifs is 1. The third-order valence-corrected chi connectivity index (χ3v) is 2.33. The van der Waals surface area contributed by atoms with Gasteiger partial charge in [0.25, 0.3) is 0 Å². The number of ether oxygens (including phenoxy) is 1. The van der Waals surface area contributed by atoms with Gasteiger partial charge in [-0.25, -0.2) is 4.79 Å². The van der Waals surface area contributed by atoms with Crippen LogP contribution in [0, 0.1) is 5.41 Å². The summed E-state index contributed by atoms with van der Waals surface area (Å²) < 4.78 is 4.89. The van der Waals surface area contributed by atoms with Gasteiger partial charge in [0.1, 0.15) is 0 Å². The van der Waals surface area contributed by atoms with Crippen LogP contribution in [0.4, 0.5) is 5.69 Å². The Morgan fingerprint density at radius 2 is 2.27 bits per heavy atom. The summed E-state index contributed by atoms with van der Waals surface area (Å²) in [5, 5.41) is 10.8. The molecule has 0 aliphatic carbocycles. The third kappa shape index (κ3) is 1.58. The van der Waals surface area contributed by atoms with E-state index in [1.54, 1.807) is 6.92 Å². The number of esters is 1. The Bertz CT molecular complexity index is 415. The van der Waals surface area contributed by atoms with Gasteiger partial charge in [-0.05, 0) is 13.0 Å². The predicted molar refractivity (Wildman–Crippen MR) is 57.3 cm³/mol. The molecule has 0 radical (unpaired) electrons. The normalized spacial score (nSPS) is 18.2. The van der Waals surface area contributed by atoms with Gasteiger partial charge in [0, 0.05) is 11.3 Å². The molecular weight excluding hydrogens is 192 g/mol. The second-order valence-corrected chi connectivity index (χ2v) is 3.29. The summed E-state index contributed by atoms with van der Waals surface area (Å²) in [5.41, 5.74) is 1.88. The maximum atomic E-state index is 11.5. The van der Waals surface area contributed by atoms with Gasteiger partial charge in [0.15, 0.2) is 6.04 Å². The van der Waals surface area contributed by atoms with Crippen molar-refractivity contribution >= 4 is 17.4 Å². The average Bonchev–Trinajstić information content (AvgIpc) is 2.57. The van der Waals surface area contributed by atoms with Crippen LogP contribution in [0.2, 0.25) is 0 Å². The molecule has 2 N–H and O–H groups in total. The average molecular weight is 204 g/mol. The number of rotatable bonds is 2. The van der Waals surface area contributed by atoms with Crippen molar-refractivity contribution in [3.63, 3.8) is 0 Å². The quantitative estimate of drug-likeness (QED) is 0.716. The van der Waals surface area contributed by atoms with E-state index in [0.29, 0.717) is 6.61 Å². The fourth-order valence-corrected chi connectivity index (χ4v) is 1.63. The molecule has 1 heterocycles. The highest BCUT2D eigenvalue weighted by molar-refractivity contribution is 6.21. The lowest BCUT2D eigenvalue weighted by Crippen LogP contribution is -2.33. The Balaban J connectivity index is 2.24. The molecular formula is C11H12N2O2. The highest BCUT2D eigenvalue weighted by atomic mass is 16.5. The number of hydrogen-bond acceptors (Lipinski definition) is 4. The molecule has 0 spiro atoms. The largest absolute Gasteiger partial charge is 0.464 e. The van der Waals surface area contributed by atoms with Gasteiger partial charge >= 0.3 is 5.97 Å². The second kappa shape index (κ2) is 3.73. The summed E-state index contributed by atoms with van der Waals surface area (Å²) >= 11 is 0. The van der Waals surface area contributed by atoms with E-state index >= 15 is 0 Å². The monoisotopic (exact) mass is 204 g/mol. The van der Waals surface area contributed by atoms with Gasteiger partial charge in [0.2, 0.25) is 0 Å². The molecule has 0 amide bonds. The first-order valence-electron chi connectivity index (χ1n) is 4.85. The van der Waals surface area contributed by atoms with Crippen molar-refractivity contribution in [3.05, 3.63) is 29.8 Å². The molecule has 2 rings (SSSR count). The van der Waals surface area contributed by atoms with Gasteiger partial charge in [-0.15, -0.1) is 0 Å². The molecule has 1 aromatic rings. The highest BCUT2D eigenvalue weighted by Gasteiger charge is 2.32. The van der Waals surface area contributed by atoms with E-state index in [-0.39, 0.29) is 5.71 Å². The molecule has 1 aliphatic heterocycles. The van der Waals surface area contributed by atoms with Gasteiger partial charge in [-0.2, -0.15) is 0 Å². The van der Waals surface area contributed by atoms with E-state index in [2.05, 4.69) is 5.32 Å². The van der Waals surface area contributed by atoms with Crippen molar-refractivity contribution < 1.29 is 9.53 Å². The minimum absolute atomic E-state index is 0.282. The van der Waals surface area contributed by atoms with Crippen LogP contribution in [0.1, 0.15) is 12.5 Å². The second-order valence-electron chi connectivity index (χ2n) is 3.29. The Morgan fingerprint density at radius 1 is 1.53 bits per heavy atom. The van der Waals surface area contributed by atoms with Crippen molar-refractivity contribution in [2.45, 2.75) is 13.0 Å². The van der Waals surface area contributed by atoms with Gasteiger partial charge < -0.3 is 15.5 Å². The molecule has 0 saturated carbocycles. The minimum atomic E-state index is -0.651. The summed E-state index contributed by atoms with van der Waals surface area (Å²) in [6, 6.07) is 6.74. The van der Waals surface area contributed by atoms with E-state index < -0.39 is 12.0 Å². The van der Waals surface area contributed by atoms with Crippen LogP contribution in [-0.2, 0) is 9.53 Å². The Labute approximate surface area is 87.8 Å². The smallest absolute Gasteiger partial charge is 0.334 e. The van der Waals surface area contributed by atoms with E-state index in [9.17, 15) is 4.79 Å². The topological polar surface area (TPSA) is 62.2 Å². The number of anilines is 1. The van der Waals surface area contributed by atoms with Crippen molar-refractivity contribution in [2.75, 3.05) is 11.9 Å². The number of hydrogen-bond donors (Lipinski definition) is 2. The molecule has 0 fully saturated rings. The van der Waals surface area contributed by atoms with E-state index in [1.165, 1.54) is 0 Å². The fraction of sp³-hybridized carbons (Fsp3) is 0.273. The number of carbonyl (C=O) groups excluding carboxylic acids is 1. The van der Waals surface area contributed by atoms with Crippen LogP contribution in [-0.4, -0.2) is 24.3 Å². The van der Waals surface area contributed by atoms with Gasteiger partial charge in [-0.1, -0.05) is 18.2 Å². The Morgan fingerprint density at radius 3 is 2.93 bits per heavy atom. The van der Waals surface area contributed by atoms with Crippen molar-refractivity contribution in [2.24, 2.45) is 0 Å². The molecule has 0 bridgehead atoms. The van der Waals surface area contributed by atoms with Crippen LogP contribution in [0.5, 0.6) is 0 Å². The molecule has 0 saturated heterocycles. The molecule has 4 heteroatoms. The van der Waals surface area contributed by atoms with Crippen molar-refractivity contribution in [1.82, 2.24) is 0 Å². The van der Waals surface area contributed by atoms with Crippen LogP contribution < -0.4 is 5.32 Å². The highest BCUT2D eigenvalue weighted by Crippen LogP contribution is 2.25. The summed E-state index contributed by atoms with van der Waals surface area (Å²) in [5.74, 6) is -0.390.